The van der Waals surface area contributed by atoms with Gasteiger partial charge in [0, 0.05) is 5.69 Å². The Morgan fingerprint density at radius 3 is 2.36 bits per heavy atom. The fraction of sp³-hybridized carbons (Fsp3) is 0.208. The lowest BCUT2D eigenvalue weighted by Crippen LogP contribution is -2.45. The van der Waals surface area contributed by atoms with E-state index in [2.05, 4.69) is 32.6 Å². The minimum Gasteiger partial charge on any atom is -0.325 e. The zero-order valence-corrected chi connectivity index (χ0v) is 19.9. The maximum atomic E-state index is 13.3. The van der Waals surface area contributed by atoms with E-state index < -0.39 is 22.0 Å². The first-order valence-electron chi connectivity index (χ1n) is 10.5. The molecular formula is C24H24N4O3S2. The van der Waals surface area contributed by atoms with E-state index in [0.29, 0.717) is 17.1 Å². The Bertz CT molecular complexity index is 1350. The number of sulfonamides is 1. The van der Waals surface area contributed by atoms with Crippen molar-refractivity contribution in [2.45, 2.75) is 37.1 Å². The summed E-state index contributed by atoms with van der Waals surface area (Å²) in [5.74, 6) is -0.0707. The number of fused-ring (bicyclic) bond motifs is 1. The van der Waals surface area contributed by atoms with E-state index in [1.54, 1.807) is 12.1 Å². The number of rotatable bonds is 8. The normalized spacial score (nSPS) is 12.7. The van der Waals surface area contributed by atoms with Crippen molar-refractivity contribution in [1.29, 1.82) is 0 Å². The van der Waals surface area contributed by atoms with E-state index in [1.165, 1.54) is 6.07 Å². The first-order valence-corrected chi connectivity index (χ1v) is 12.7. The SMILES string of the molecule is CC(C)c1ccc(NC(=O)[C@@H](Cc2ccccc2)NS(=O)(=O)c2cccc3nsnc23)cc1. The second-order valence-electron chi connectivity index (χ2n) is 8.02. The third kappa shape index (κ3) is 5.44. The molecule has 0 radical (unpaired) electrons. The molecule has 0 unspecified atom stereocenters. The van der Waals surface area contributed by atoms with Gasteiger partial charge in [-0.05, 0) is 47.7 Å². The minimum absolute atomic E-state index is 0.000831. The van der Waals surface area contributed by atoms with Crippen molar-refractivity contribution in [3.63, 3.8) is 0 Å². The van der Waals surface area contributed by atoms with Crippen LogP contribution in [0.5, 0.6) is 0 Å². The van der Waals surface area contributed by atoms with Gasteiger partial charge < -0.3 is 5.32 Å². The monoisotopic (exact) mass is 480 g/mol. The number of nitrogens with one attached hydrogen (secondary N) is 2. The molecule has 0 bridgehead atoms. The Morgan fingerprint density at radius 2 is 1.67 bits per heavy atom. The van der Waals surface area contributed by atoms with E-state index in [0.717, 1.165) is 22.9 Å². The van der Waals surface area contributed by atoms with E-state index >= 15 is 0 Å². The molecule has 0 aliphatic heterocycles. The number of hydrogen-bond donors (Lipinski definition) is 2. The molecule has 1 atom stereocenters. The Hall–Kier alpha value is -3.14. The van der Waals surface area contributed by atoms with Crippen LogP contribution in [0.3, 0.4) is 0 Å². The molecular weight excluding hydrogens is 456 g/mol. The van der Waals surface area contributed by atoms with Gasteiger partial charge in [-0.2, -0.15) is 13.5 Å². The molecule has 9 heteroatoms. The van der Waals surface area contributed by atoms with Crippen LogP contribution >= 0.6 is 11.7 Å². The van der Waals surface area contributed by atoms with Gasteiger partial charge in [0.05, 0.1) is 11.7 Å². The first-order chi connectivity index (χ1) is 15.8. The van der Waals surface area contributed by atoms with Crippen LogP contribution < -0.4 is 10.0 Å². The summed E-state index contributed by atoms with van der Waals surface area (Å²) < 4.78 is 37.4. The Morgan fingerprint density at radius 1 is 0.939 bits per heavy atom. The van der Waals surface area contributed by atoms with Crippen LogP contribution in [-0.2, 0) is 21.2 Å². The lowest BCUT2D eigenvalue weighted by atomic mass is 10.0. The van der Waals surface area contributed by atoms with Gasteiger partial charge >= 0.3 is 0 Å². The molecule has 0 spiro atoms. The maximum Gasteiger partial charge on any atom is 0.243 e. The molecule has 33 heavy (non-hydrogen) atoms. The number of nitrogens with zero attached hydrogens (tertiary/aromatic N) is 2. The van der Waals surface area contributed by atoms with Gasteiger partial charge in [0.1, 0.15) is 22.0 Å². The highest BCUT2D eigenvalue weighted by molar-refractivity contribution is 7.89. The average Bonchev–Trinajstić information content (AvgIpc) is 3.28. The minimum atomic E-state index is -4.04. The van der Waals surface area contributed by atoms with E-state index in [9.17, 15) is 13.2 Å². The summed E-state index contributed by atoms with van der Waals surface area (Å²) in [4.78, 5) is 13.2. The summed E-state index contributed by atoms with van der Waals surface area (Å²) >= 11 is 0.944. The molecule has 4 rings (SSSR count). The van der Waals surface area contributed by atoms with Crippen molar-refractivity contribution in [2.75, 3.05) is 5.32 Å². The lowest BCUT2D eigenvalue weighted by molar-refractivity contribution is -0.117. The average molecular weight is 481 g/mol. The van der Waals surface area contributed by atoms with Crippen LogP contribution in [0.25, 0.3) is 11.0 Å². The Kier molecular flexibility index (Phi) is 6.83. The fourth-order valence-electron chi connectivity index (χ4n) is 3.47. The molecule has 1 aromatic heterocycles. The molecule has 0 saturated carbocycles. The molecule has 0 saturated heterocycles. The van der Waals surface area contributed by atoms with Gasteiger partial charge in [-0.3, -0.25) is 4.79 Å². The van der Waals surface area contributed by atoms with E-state index in [4.69, 9.17) is 0 Å². The topological polar surface area (TPSA) is 101 Å². The van der Waals surface area contributed by atoms with Crippen molar-refractivity contribution in [3.8, 4) is 0 Å². The van der Waals surface area contributed by atoms with Crippen LogP contribution in [0.15, 0.2) is 77.7 Å². The second kappa shape index (κ2) is 9.78. The molecule has 4 aromatic rings. The number of hydrogen-bond acceptors (Lipinski definition) is 6. The predicted octanol–water partition coefficient (Wildman–Crippen LogP) is 4.34. The molecule has 0 aliphatic rings. The highest BCUT2D eigenvalue weighted by Gasteiger charge is 2.28. The maximum absolute atomic E-state index is 13.3. The molecule has 170 valence electrons. The highest BCUT2D eigenvalue weighted by atomic mass is 32.2. The van der Waals surface area contributed by atoms with Crippen molar-refractivity contribution >= 4 is 44.4 Å². The third-order valence-electron chi connectivity index (χ3n) is 5.28. The summed E-state index contributed by atoms with van der Waals surface area (Å²) in [5.41, 5.74) is 3.38. The van der Waals surface area contributed by atoms with Crippen LogP contribution in [0.2, 0.25) is 0 Å². The van der Waals surface area contributed by atoms with Gasteiger partial charge in [-0.1, -0.05) is 62.4 Å². The molecule has 7 nitrogen and oxygen atoms in total. The van der Waals surface area contributed by atoms with Crippen molar-refractivity contribution in [1.82, 2.24) is 13.5 Å². The molecule has 0 aliphatic carbocycles. The molecule has 0 fully saturated rings. The van der Waals surface area contributed by atoms with E-state index in [-0.39, 0.29) is 16.8 Å². The summed E-state index contributed by atoms with van der Waals surface area (Å²) in [6.45, 7) is 4.19. The second-order valence-corrected chi connectivity index (χ2v) is 10.2. The third-order valence-corrected chi connectivity index (χ3v) is 7.33. The van der Waals surface area contributed by atoms with Gasteiger partial charge in [-0.25, -0.2) is 8.42 Å². The predicted molar refractivity (Wildman–Crippen MR) is 131 cm³/mol. The molecule has 3 aromatic carbocycles. The van der Waals surface area contributed by atoms with Gasteiger partial charge in [0.25, 0.3) is 0 Å². The van der Waals surface area contributed by atoms with Crippen LogP contribution in [0.1, 0.15) is 30.9 Å². The largest absolute Gasteiger partial charge is 0.325 e. The smallest absolute Gasteiger partial charge is 0.243 e. The lowest BCUT2D eigenvalue weighted by Gasteiger charge is -2.19. The van der Waals surface area contributed by atoms with Crippen LogP contribution in [0, 0.1) is 0 Å². The van der Waals surface area contributed by atoms with Crippen molar-refractivity contribution in [3.05, 3.63) is 83.9 Å². The summed E-state index contributed by atoms with van der Waals surface area (Å²) in [7, 11) is -4.04. The zero-order chi connectivity index (χ0) is 23.4. The summed E-state index contributed by atoms with van der Waals surface area (Å²) in [5, 5.41) is 2.84. The van der Waals surface area contributed by atoms with Crippen LogP contribution in [0.4, 0.5) is 5.69 Å². The van der Waals surface area contributed by atoms with E-state index in [1.807, 2.05) is 54.6 Å². The number of carbonyl (C=O) groups excluding carboxylic acids is 1. The quantitative estimate of drug-likeness (QED) is 0.391. The highest BCUT2D eigenvalue weighted by Crippen LogP contribution is 2.22. The van der Waals surface area contributed by atoms with Crippen molar-refractivity contribution in [2.24, 2.45) is 0 Å². The number of anilines is 1. The molecule has 1 heterocycles. The molecule has 2 N–H and O–H groups in total. The van der Waals surface area contributed by atoms with Crippen molar-refractivity contribution < 1.29 is 13.2 Å². The number of carbonyl (C=O) groups is 1. The Labute approximate surface area is 197 Å². The summed E-state index contributed by atoms with van der Waals surface area (Å²) in [6.07, 6.45) is 0.196. The summed E-state index contributed by atoms with van der Waals surface area (Å²) in [6, 6.07) is 20.6. The van der Waals surface area contributed by atoms with Gasteiger partial charge in [0.15, 0.2) is 0 Å². The van der Waals surface area contributed by atoms with Gasteiger partial charge in [-0.15, -0.1) is 0 Å². The fourth-order valence-corrected chi connectivity index (χ4v) is 5.43. The van der Waals surface area contributed by atoms with Crippen LogP contribution in [-0.4, -0.2) is 29.1 Å². The zero-order valence-electron chi connectivity index (χ0n) is 18.2. The standard InChI is InChI=1S/C24H24N4O3S2/c1-16(2)18-11-13-19(14-12-18)25-24(29)21(15-17-7-4-3-5-8-17)28-33(30,31)22-10-6-9-20-23(22)27-32-26-20/h3-14,16,21,28H,15H2,1-2H3,(H,25,29)/t21-/m1/s1. The number of amides is 1. The number of aromatic nitrogens is 2. The molecule has 1 amide bonds. The Balaban J connectivity index is 1.61. The van der Waals surface area contributed by atoms with Gasteiger partial charge in [0.2, 0.25) is 15.9 Å². The first kappa shape index (κ1) is 23.0. The number of benzene rings is 3.